The molecule has 0 bridgehead atoms. The number of carbonyl (C=O) groups is 1. The van der Waals surface area contributed by atoms with E-state index in [0.717, 1.165) is 11.1 Å². The Kier molecular flexibility index (Phi) is 4.40. The number of amides is 1. The molecule has 0 aromatic heterocycles. The first-order chi connectivity index (χ1) is 11.5. The number of benzene rings is 2. The monoisotopic (exact) mass is 340 g/mol. The Bertz CT molecular complexity index is 885. The molecule has 0 unspecified atom stereocenters. The molecule has 0 aliphatic carbocycles. The second-order valence-electron chi connectivity index (χ2n) is 5.63. The van der Waals surface area contributed by atoms with Gasteiger partial charge < -0.3 is 10.1 Å². The number of aliphatic imine (C=N–C) groups is 1. The normalized spacial score (nSPS) is 15.4. The molecule has 1 aliphatic heterocycles. The lowest BCUT2D eigenvalue weighted by Gasteiger charge is -2.05. The van der Waals surface area contributed by atoms with Crippen molar-refractivity contribution in [2.75, 3.05) is 7.11 Å². The molecule has 0 fully saturated rings. The van der Waals surface area contributed by atoms with Crippen LogP contribution in [0, 0.1) is 13.8 Å². The van der Waals surface area contributed by atoms with Gasteiger partial charge in [-0.1, -0.05) is 23.7 Å². The topological polar surface area (TPSA) is 50.7 Å². The summed E-state index contributed by atoms with van der Waals surface area (Å²) in [7, 11) is 1.57. The Balaban J connectivity index is 2.00. The molecule has 122 valence electrons. The number of aryl methyl sites for hydroxylation is 2. The highest BCUT2D eigenvalue weighted by Gasteiger charge is 2.21. The third kappa shape index (κ3) is 3.19. The molecule has 0 spiro atoms. The Morgan fingerprint density at radius 2 is 1.92 bits per heavy atom. The van der Waals surface area contributed by atoms with Crippen LogP contribution in [0.5, 0.6) is 5.75 Å². The lowest BCUT2D eigenvalue weighted by molar-refractivity contribution is -0.115. The minimum atomic E-state index is -0.245. The van der Waals surface area contributed by atoms with Crippen LogP contribution in [0.25, 0.3) is 6.08 Å². The summed E-state index contributed by atoms with van der Waals surface area (Å²) >= 11 is 6.03. The van der Waals surface area contributed by atoms with Crippen molar-refractivity contribution in [1.82, 2.24) is 5.32 Å². The van der Waals surface area contributed by atoms with Crippen molar-refractivity contribution < 1.29 is 9.53 Å². The zero-order chi connectivity index (χ0) is 17.3. The van der Waals surface area contributed by atoms with Crippen molar-refractivity contribution in [2.24, 2.45) is 4.99 Å². The zero-order valence-corrected chi connectivity index (χ0v) is 14.4. The van der Waals surface area contributed by atoms with Gasteiger partial charge in [0.2, 0.25) is 0 Å². The SMILES string of the molecule is COc1ccc(Cl)cc1/C=C1/N=C(c2ccc(C)c(C)c2)NC1=O. The minimum absolute atomic E-state index is 0.245. The maximum absolute atomic E-state index is 12.2. The Morgan fingerprint density at radius 3 is 2.62 bits per heavy atom. The maximum Gasteiger partial charge on any atom is 0.275 e. The molecule has 2 aromatic rings. The summed E-state index contributed by atoms with van der Waals surface area (Å²) in [6.45, 7) is 4.08. The van der Waals surface area contributed by atoms with E-state index < -0.39 is 0 Å². The summed E-state index contributed by atoms with van der Waals surface area (Å²) in [6, 6.07) is 11.2. The molecule has 1 amide bonds. The van der Waals surface area contributed by atoms with E-state index in [0.29, 0.717) is 27.9 Å². The number of carbonyl (C=O) groups excluding carboxylic acids is 1. The predicted octanol–water partition coefficient (Wildman–Crippen LogP) is 3.88. The van der Waals surface area contributed by atoms with Crippen molar-refractivity contribution in [3.8, 4) is 5.75 Å². The average Bonchev–Trinajstić information content (AvgIpc) is 2.91. The van der Waals surface area contributed by atoms with E-state index in [2.05, 4.69) is 10.3 Å². The number of hydrogen-bond donors (Lipinski definition) is 1. The number of ether oxygens (including phenoxy) is 1. The number of methoxy groups -OCH3 is 1. The van der Waals surface area contributed by atoms with Crippen molar-refractivity contribution in [2.45, 2.75) is 13.8 Å². The number of amidine groups is 1. The number of nitrogens with zero attached hydrogens (tertiary/aromatic N) is 1. The number of halogens is 1. The van der Waals surface area contributed by atoms with Crippen molar-refractivity contribution in [1.29, 1.82) is 0 Å². The molecular weight excluding hydrogens is 324 g/mol. The summed E-state index contributed by atoms with van der Waals surface area (Å²) in [5.41, 5.74) is 4.26. The smallest absolute Gasteiger partial charge is 0.275 e. The summed E-state index contributed by atoms with van der Waals surface area (Å²) in [5, 5.41) is 3.38. The molecule has 0 radical (unpaired) electrons. The average molecular weight is 341 g/mol. The lowest BCUT2D eigenvalue weighted by Crippen LogP contribution is -2.24. The summed E-state index contributed by atoms with van der Waals surface area (Å²) in [4.78, 5) is 16.7. The van der Waals surface area contributed by atoms with Gasteiger partial charge in [0.05, 0.1) is 7.11 Å². The van der Waals surface area contributed by atoms with E-state index in [1.807, 2.05) is 32.0 Å². The third-order valence-corrected chi connectivity index (χ3v) is 4.20. The fraction of sp³-hybridized carbons (Fsp3) is 0.158. The predicted molar refractivity (Wildman–Crippen MR) is 96.6 cm³/mol. The Hall–Kier alpha value is -2.59. The van der Waals surface area contributed by atoms with Crippen LogP contribution < -0.4 is 10.1 Å². The van der Waals surface area contributed by atoms with Crippen LogP contribution in [0.3, 0.4) is 0 Å². The van der Waals surface area contributed by atoms with Crippen LogP contribution in [-0.2, 0) is 4.79 Å². The zero-order valence-electron chi connectivity index (χ0n) is 13.7. The van der Waals surface area contributed by atoms with Crippen molar-refractivity contribution in [3.05, 3.63) is 69.4 Å². The van der Waals surface area contributed by atoms with Crippen LogP contribution in [0.4, 0.5) is 0 Å². The maximum atomic E-state index is 12.2. The molecular formula is C19H17ClN2O2. The Labute approximate surface area is 145 Å². The van der Waals surface area contributed by atoms with E-state index in [1.165, 1.54) is 5.56 Å². The van der Waals surface area contributed by atoms with Gasteiger partial charge in [0.25, 0.3) is 5.91 Å². The van der Waals surface area contributed by atoms with Crippen molar-refractivity contribution in [3.63, 3.8) is 0 Å². The highest BCUT2D eigenvalue weighted by atomic mass is 35.5. The first-order valence-corrected chi connectivity index (χ1v) is 7.88. The molecule has 4 nitrogen and oxygen atoms in total. The van der Waals surface area contributed by atoms with Gasteiger partial charge in [0.15, 0.2) is 0 Å². The second-order valence-corrected chi connectivity index (χ2v) is 6.07. The number of rotatable bonds is 3. The van der Waals surface area contributed by atoms with Crippen LogP contribution in [-0.4, -0.2) is 18.9 Å². The van der Waals surface area contributed by atoms with E-state index >= 15 is 0 Å². The van der Waals surface area contributed by atoms with Crippen LogP contribution >= 0.6 is 11.6 Å². The molecule has 5 heteroatoms. The Morgan fingerprint density at radius 1 is 1.12 bits per heavy atom. The minimum Gasteiger partial charge on any atom is -0.496 e. The molecule has 1 N–H and O–H groups in total. The molecule has 0 saturated carbocycles. The van der Waals surface area contributed by atoms with Gasteiger partial charge in [0, 0.05) is 16.1 Å². The standard InChI is InChI=1S/C19H17ClN2O2/c1-11-4-5-13(8-12(11)2)18-21-16(19(23)22-18)10-14-9-15(20)6-7-17(14)24-3/h4-10H,1-3H3,(H,21,22,23)/b16-10+. The van der Waals surface area contributed by atoms with Gasteiger partial charge in [-0.3, -0.25) is 4.79 Å². The van der Waals surface area contributed by atoms with E-state index in [-0.39, 0.29) is 5.91 Å². The largest absolute Gasteiger partial charge is 0.496 e. The first-order valence-electron chi connectivity index (χ1n) is 7.51. The first kappa shape index (κ1) is 16.3. The fourth-order valence-electron chi connectivity index (χ4n) is 2.46. The van der Waals surface area contributed by atoms with Crippen LogP contribution in [0.2, 0.25) is 5.02 Å². The third-order valence-electron chi connectivity index (χ3n) is 3.96. The van der Waals surface area contributed by atoms with E-state index in [9.17, 15) is 4.79 Å². The lowest BCUT2D eigenvalue weighted by atomic mass is 10.1. The van der Waals surface area contributed by atoms with Crippen LogP contribution in [0.15, 0.2) is 47.1 Å². The summed E-state index contributed by atoms with van der Waals surface area (Å²) in [6.07, 6.45) is 1.67. The van der Waals surface area contributed by atoms with E-state index in [4.69, 9.17) is 16.3 Å². The van der Waals surface area contributed by atoms with Gasteiger partial charge in [-0.05, 0) is 55.3 Å². The van der Waals surface area contributed by atoms with Gasteiger partial charge in [-0.15, -0.1) is 0 Å². The molecule has 0 saturated heterocycles. The van der Waals surface area contributed by atoms with Crippen molar-refractivity contribution >= 4 is 29.4 Å². The van der Waals surface area contributed by atoms with Crippen LogP contribution in [0.1, 0.15) is 22.3 Å². The number of hydrogen-bond acceptors (Lipinski definition) is 3. The number of nitrogens with one attached hydrogen (secondary N) is 1. The van der Waals surface area contributed by atoms with Gasteiger partial charge >= 0.3 is 0 Å². The molecule has 24 heavy (non-hydrogen) atoms. The van der Waals surface area contributed by atoms with Gasteiger partial charge in [-0.2, -0.15) is 0 Å². The fourth-order valence-corrected chi connectivity index (χ4v) is 2.64. The van der Waals surface area contributed by atoms with Gasteiger partial charge in [-0.25, -0.2) is 4.99 Å². The summed E-state index contributed by atoms with van der Waals surface area (Å²) in [5.74, 6) is 0.940. The molecule has 1 aliphatic rings. The molecule has 3 rings (SSSR count). The molecule has 0 atom stereocenters. The van der Waals surface area contributed by atoms with E-state index in [1.54, 1.807) is 31.4 Å². The molecule has 1 heterocycles. The molecule has 2 aromatic carbocycles. The van der Waals surface area contributed by atoms with Gasteiger partial charge in [0.1, 0.15) is 17.3 Å². The highest BCUT2D eigenvalue weighted by molar-refractivity contribution is 6.30. The quantitative estimate of drug-likeness (QED) is 0.862. The highest BCUT2D eigenvalue weighted by Crippen LogP contribution is 2.26. The second kappa shape index (κ2) is 6.49. The summed E-state index contributed by atoms with van der Waals surface area (Å²) < 4.78 is 5.30.